The Kier molecular flexibility index (Phi) is 3.75. The zero-order valence-corrected chi connectivity index (χ0v) is 9.02. The molecule has 0 atom stereocenters. The average molecular weight is 217 g/mol. The van der Waals surface area contributed by atoms with Crippen molar-refractivity contribution in [3.05, 3.63) is 48.2 Å². The van der Waals surface area contributed by atoms with Crippen LogP contribution in [0.15, 0.2) is 47.1 Å². The Morgan fingerprint density at radius 1 is 1.12 bits per heavy atom. The van der Waals surface area contributed by atoms with Crippen LogP contribution in [-0.2, 0) is 6.54 Å². The molecule has 0 saturated heterocycles. The molecule has 2 rings (SSSR count). The second-order valence-electron chi connectivity index (χ2n) is 3.57. The van der Waals surface area contributed by atoms with Crippen LogP contribution in [0, 0.1) is 0 Å². The van der Waals surface area contributed by atoms with Gasteiger partial charge >= 0.3 is 0 Å². The van der Waals surface area contributed by atoms with E-state index in [-0.39, 0.29) is 6.61 Å². The van der Waals surface area contributed by atoms with Crippen LogP contribution in [-0.4, -0.2) is 18.3 Å². The topological polar surface area (TPSA) is 45.4 Å². The molecule has 1 aromatic heterocycles. The molecule has 0 unspecified atom stereocenters. The minimum atomic E-state index is 0.171. The van der Waals surface area contributed by atoms with Crippen LogP contribution in [0.1, 0.15) is 5.56 Å². The third-order valence-electron chi connectivity index (χ3n) is 2.38. The fourth-order valence-corrected chi connectivity index (χ4v) is 1.54. The largest absolute Gasteiger partial charge is 0.464 e. The molecule has 1 aromatic carbocycles. The highest BCUT2D eigenvalue weighted by Gasteiger charge is 1.99. The van der Waals surface area contributed by atoms with Crippen molar-refractivity contribution in [2.24, 2.45) is 0 Å². The minimum absolute atomic E-state index is 0.171. The monoisotopic (exact) mass is 217 g/mol. The molecule has 1 heterocycles. The third kappa shape index (κ3) is 2.72. The molecule has 0 fully saturated rings. The summed E-state index contributed by atoms with van der Waals surface area (Å²) in [5.74, 6) is 0.884. The first kappa shape index (κ1) is 10.9. The first-order valence-electron chi connectivity index (χ1n) is 5.34. The fraction of sp³-hybridized carbons (Fsp3) is 0.231. The van der Waals surface area contributed by atoms with Crippen LogP contribution < -0.4 is 5.32 Å². The smallest absolute Gasteiger partial charge is 0.133 e. The zero-order chi connectivity index (χ0) is 11.2. The van der Waals surface area contributed by atoms with E-state index in [1.165, 1.54) is 5.56 Å². The fourth-order valence-electron chi connectivity index (χ4n) is 1.54. The van der Waals surface area contributed by atoms with Gasteiger partial charge in [0, 0.05) is 18.7 Å². The van der Waals surface area contributed by atoms with Crippen LogP contribution >= 0.6 is 0 Å². The summed E-state index contributed by atoms with van der Waals surface area (Å²) >= 11 is 0. The van der Waals surface area contributed by atoms with E-state index < -0.39 is 0 Å². The molecule has 2 aromatic rings. The quantitative estimate of drug-likeness (QED) is 0.753. The SMILES string of the molecule is OCCNCc1ccc(-c2ccco2)cc1. The number of aliphatic hydroxyl groups excluding tert-OH is 1. The van der Waals surface area contributed by atoms with E-state index >= 15 is 0 Å². The first-order chi connectivity index (χ1) is 7.90. The Bertz CT molecular complexity index is 406. The first-order valence-corrected chi connectivity index (χ1v) is 5.34. The Labute approximate surface area is 94.7 Å². The van der Waals surface area contributed by atoms with Gasteiger partial charge in [-0.1, -0.05) is 24.3 Å². The zero-order valence-electron chi connectivity index (χ0n) is 9.02. The number of benzene rings is 1. The highest BCUT2D eigenvalue weighted by molar-refractivity contribution is 5.57. The number of nitrogens with one attached hydrogen (secondary N) is 1. The molecule has 0 spiro atoms. The molecule has 0 amide bonds. The maximum atomic E-state index is 8.64. The molecule has 16 heavy (non-hydrogen) atoms. The van der Waals surface area contributed by atoms with Gasteiger partial charge in [0.05, 0.1) is 12.9 Å². The van der Waals surface area contributed by atoms with Crippen LogP contribution in [0.25, 0.3) is 11.3 Å². The van der Waals surface area contributed by atoms with Gasteiger partial charge in [-0.2, -0.15) is 0 Å². The van der Waals surface area contributed by atoms with Crippen LogP contribution in [0.3, 0.4) is 0 Å². The highest BCUT2D eigenvalue weighted by atomic mass is 16.3. The van der Waals surface area contributed by atoms with E-state index in [0.29, 0.717) is 6.54 Å². The lowest BCUT2D eigenvalue weighted by atomic mass is 10.1. The normalized spacial score (nSPS) is 10.6. The Hall–Kier alpha value is -1.58. The number of furan rings is 1. The van der Waals surface area contributed by atoms with Crippen molar-refractivity contribution in [1.29, 1.82) is 0 Å². The van der Waals surface area contributed by atoms with E-state index in [1.54, 1.807) is 6.26 Å². The maximum absolute atomic E-state index is 8.64. The van der Waals surface area contributed by atoms with E-state index in [9.17, 15) is 0 Å². The predicted octanol–water partition coefficient (Wildman–Crippen LogP) is 2.03. The van der Waals surface area contributed by atoms with Crippen molar-refractivity contribution in [3.63, 3.8) is 0 Å². The number of rotatable bonds is 5. The Morgan fingerprint density at radius 2 is 1.94 bits per heavy atom. The van der Waals surface area contributed by atoms with Crippen molar-refractivity contribution in [2.45, 2.75) is 6.54 Å². The molecule has 0 saturated carbocycles. The summed E-state index contributed by atoms with van der Waals surface area (Å²) in [6, 6.07) is 12.0. The lowest BCUT2D eigenvalue weighted by Gasteiger charge is -2.03. The van der Waals surface area contributed by atoms with Crippen molar-refractivity contribution in [2.75, 3.05) is 13.2 Å². The summed E-state index contributed by atoms with van der Waals surface area (Å²) in [6.45, 7) is 1.57. The molecule has 3 heteroatoms. The van der Waals surface area contributed by atoms with Crippen molar-refractivity contribution in [3.8, 4) is 11.3 Å². The lowest BCUT2D eigenvalue weighted by molar-refractivity contribution is 0.292. The van der Waals surface area contributed by atoms with Crippen LogP contribution in [0.4, 0.5) is 0 Å². The van der Waals surface area contributed by atoms with Gasteiger partial charge in [0.2, 0.25) is 0 Å². The summed E-state index contributed by atoms with van der Waals surface area (Å²) in [5, 5.41) is 11.8. The van der Waals surface area contributed by atoms with Gasteiger partial charge in [-0.3, -0.25) is 0 Å². The van der Waals surface area contributed by atoms with E-state index in [1.807, 2.05) is 24.3 Å². The maximum Gasteiger partial charge on any atom is 0.133 e. The number of aliphatic hydroxyl groups is 1. The molecule has 0 bridgehead atoms. The summed E-state index contributed by atoms with van der Waals surface area (Å²) in [6.07, 6.45) is 1.67. The third-order valence-corrected chi connectivity index (χ3v) is 2.38. The molecule has 2 N–H and O–H groups in total. The number of hydrogen-bond donors (Lipinski definition) is 2. The average Bonchev–Trinajstić information content (AvgIpc) is 2.84. The van der Waals surface area contributed by atoms with Gasteiger partial charge < -0.3 is 14.8 Å². The van der Waals surface area contributed by atoms with Gasteiger partial charge in [0.1, 0.15) is 5.76 Å². The van der Waals surface area contributed by atoms with Crippen molar-refractivity contribution < 1.29 is 9.52 Å². The Balaban J connectivity index is 2.00. The molecular formula is C13H15NO2. The van der Waals surface area contributed by atoms with Crippen molar-refractivity contribution in [1.82, 2.24) is 5.32 Å². The van der Waals surface area contributed by atoms with Gasteiger partial charge in [-0.05, 0) is 17.7 Å². The number of hydrogen-bond acceptors (Lipinski definition) is 3. The highest BCUT2D eigenvalue weighted by Crippen LogP contribution is 2.19. The molecule has 0 aliphatic rings. The lowest BCUT2D eigenvalue weighted by Crippen LogP contribution is -2.17. The summed E-state index contributed by atoms with van der Waals surface area (Å²) in [5.41, 5.74) is 2.28. The van der Waals surface area contributed by atoms with Gasteiger partial charge in [-0.25, -0.2) is 0 Å². The molecule has 0 aliphatic carbocycles. The predicted molar refractivity (Wildman–Crippen MR) is 62.9 cm³/mol. The summed E-state index contributed by atoms with van der Waals surface area (Å²) in [4.78, 5) is 0. The molecular weight excluding hydrogens is 202 g/mol. The van der Waals surface area contributed by atoms with Gasteiger partial charge in [0.25, 0.3) is 0 Å². The van der Waals surface area contributed by atoms with E-state index in [4.69, 9.17) is 9.52 Å². The van der Waals surface area contributed by atoms with E-state index in [2.05, 4.69) is 17.4 Å². The van der Waals surface area contributed by atoms with Crippen LogP contribution in [0.5, 0.6) is 0 Å². The molecule has 0 radical (unpaired) electrons. The second-order valence-corrected chi connectivity index (χ2v) is 3.57. The molecule has 0 aliphatic heterocycles. The van der Waals surface area contributed by atoms with Gasteiger partial charge in [-0.15, -0.1) is 0 Å². The van der Waals surface area contributed by atoms with E-state index in [0.717, 1.165) is 17.9 Å². The second kappa shape index (κ2) is 5.49. The summed E-state index contributed by atoms with van der Waals surface area (Å²) < 4.78 is 5.31. The standard InChI is InChI=1S/C13H15NO2/c15-8-7-14-10-11-3-5-12(6-4-11)13-2-1-9-16-13/h1-6,9,14-15H,7-8,10H2. The molecule has 84 valence electrons. The minimum Gasteiger partial charge on any atom is -0.464 e. The van der Waals surface area contributed by atoms with Gasteiger partial charge in [0.15, 0.2) is 0 Å². The van der Waals surface area contributed by atoms with Crippen molar-refractivity contribution >= 4 is 0 Å². The van der Waals surface area contributed by atoms with Crippen LogP contribution in [0.2, 0.25) is 0 Å². The summed E-state index contributed by atoms with van der Waals surface area (Å²) in [7, 11) is 0. The molecule has 3 nitrogen and oxygen atoms in total. The Morgan fingerprint density at radius 3 is 2.56 bits per heavy atom.